The lowest BCUT2D eigenvalue weighted by molar-refractivity contribution is 0.415. The van der Waals surface area contributed by atoms with Crippen LogP contribution >= 0.6 is 0 Å². The van der Waals surface area contributed by atoms with Gasteiger partial charge in [-0.2, -0.15) is 0 Å². The predicted molar refractivity (Wildman–Crippen MR) is 94.4 cm³/mol. The molecule has 0 aliphatic heterocycles. The maximum absolute atomic E-state index is 10.3. The first kappa shape index (κ1) is 15.7. The van der Waals surface area contributed by atoms with Crippen molar-refractivity contribution in [3.63, 3.8) is 0 Å². The SMILES string of the molecule is COc1ccc2nc(C3CC3CCCC3CCCC3)c(O)nc2c1. The van der Waals surface area contributed by atoms with Gasteiger partial charge in [0.1, 0.15) is 11.4 Å². The summed E-state index contributed by atoms with van der Waals surface area (Å²) in [5, 5.41) is 10.3. The topological polar surface area (TPSA) is 55.2 Å². The molecule has 1 aromatic heterocycles. The maximum Gasteiger partial charge on any atom is 0.234 e. The van der Waals surface area contributed by atoms with Gasteiger partial charge in [-0.05, 0) is 36.8 Å². The lowest BCUT2D eigenvalue weighted by Crippen LogP contribution is -1.96. The lowest BCUT2D eigenvalue weighted by Gasteiger charge is -2.08. The molecule has 0 amide bonds. The van der Waals surface area contributed by atoms with Crippen LogP contribution in [0.1, 0.15) is 63.0 Å². The van der Waals surface area contributed by atoms with Crippen molar-refractivity contribution in [1.29, 1.82) is 0 Å². The third kappa shape index (κ3) is 3.19. The Kier molecular flexibility index (Phi) is 4.30. The number of nitrogens with zero attached hydrogens (tertiary/aromatic N) is 2. The van der Waals surface area contributed by atoms with E-state index in [0.717, 1.165) is 29.3 Å². The average molecular weight is 326 g/mol. The zero-order chi connectivity index (χ0) is 16.5. The summed E-state index contributed by atoms with van der Waals surface area (Å²) in [6.45, 7) is 0. The van der Waals surface area contributed by atoms with Crippen molar-refractivity contribution in [3.05, 3.63) is 23.9 Å². The second kappa shape index (κ2) is 6.58. The molecule has 4 heteroatoms. The van der Waals surface area contributed by atoms with Gasteiger partial charge in [0.15, 0.2) is 0 Å². The van der Waals surface area contributed by atoms with Crippen LogP contribution < -0.4 is 4.74 Å². The standard InChI is InChI=1S/C20H26N2O2/c1-24-15-9-10-17-18(12-15)22-20(23)19(21-17)16-11-14(16)8-4-7-13-5-2-3-6-13/h9-10,12-14,16H,2-8,11H2,1H3,(H,22,23). The molecule has 4 rings (SSSR count). The van der Waals surface area contributed by atoms with Gasteiger partial charge in [-0.1, -0.05) is 38.5 Å². The highest BCUT2D eigenvalue weighted by molar-refractivity contribution is 5.76. The molecule has 0 bridgehead atoms. The highest BCUT2D eigenvalue weighted by atomic mass is 16.5. The van der Waals surface area contributed by atoms with Crippen LogP contribution in [-0.4, -0.2) is 22.2 Å². The Balaban J connectivity index is 1.40. The highest BCUT2D eigenvalue weighted by Crippen LogP contribution is 2.52. The fraction of sp³-hybridized carbons (Fsp3) is 0.600. The molecule has 0 radical (unpaired) electrons. The van der Waals surface area contributed by atoms with Gasteiger partial charge in [0.25, 0.3) is 0 Å². The van der Waals surface area contributed by atoms with Crippen LogP contribution in [0, 0.1) is 11.8 Å². The van der Waals surface area contributed by atoms with Crippen LogP contribution in [0.25, 0.3) is 11.0 Å². The smallest absolute Gasteiger partial charge is 0.234 e. The Bertz CT molecular complexity index is 725. The molecule has 0 saturated heterocycles. The zero-order valence-electron chi connectivity index (χ0n) is 14.4. The van der Waals surface area contributed by atoms with E-state index in [9.17, 15) is 5.11 Å². The minimum Gasteiger partial charge on any atom is -0.497 e. The highest BCUT2D eigenvalue weighted by Gasteiger charge is 2.41. The minimum absolute atomic E-state index is 0.0963. The van der Waals surface area contributed by atoms with E-state index in [-0.39, 0.29) is 5.88 Å². The Hall–Kier alpha value is -1.84. The normalized spacial score (nSPS) is 23.7. The van der Waals surface area contributed by atoms with Crippen molar-refractivity contribution in [2.24, 2.45) is 11.8 Å². The molecule has 2 unspecified atom stereocenters. The number of aromatic nitrogens is 2. The molecule has 1 aromatic carbocycles. The maximum atomic E-state index is 10.3. The molecule has 2 saturated carbocycles. The first-order valence-electron chi connectivity index (χ1n) is 9.29. The summed E-state index contributed by atoms with van der Waals surface area (Å²) in [7, 11) is 1.63. The van der Waals surface area contributed by atoms with Gasteiger partial charge in [0, 0.05) is 12.0 Å². The average Bonchev–Trinajstić information content (AvgIpc) is 3.15. The van der Waals surface area contributed by atoms with E-state index in [0.29, 0.717) is 17.4 Å². The van der Waals surface area contributed by atoms with Gasteiger partial charge in [-0.15, -0.1) is 0 Å². The molecule has 1 N–H and O–H groups in total. The molecule has 24 heavy (non-hydrogen) atoms. The van der Waals surface area contributed by atoms with E-state index < -0.39 is 0 Å². The molecular formula is C20H26N2O2. The predicted octanol–water partition coefficient (Wildman–Crippen LogP) is 4.81. The number of hydrogen-bond acceptors (Lipinski definition) is 4. The Morgan fingerprint density at radius 1 is 1.12 bits per heavy atom. The second-order valence-electron chi connectivity index (χ2n) is 7.47. The van der Waals surface area contributed by atoms with Crippen molar-refractivity contribution in [1.82, 2.24) is 9.97 Å². The number of fused-ring (bicyclic) bond motifs is 1. The largest absolute Gasteiger partial charge is 0.497 e. The van der Waals surface area contributed by atoms with Gasteiger partial charge in [-0.3, -0.25) is 0 Å². The van der Waals surface area contributed by atoms with Gasteiger partial charge in [0.2, 0.25) is 5.88 Å². The van der Waals surface area contributed by atoms with E-state index in [4.69, 9.17) is 4.74 Å². The lowest BCUT2D eigenvalue weighted by atomic mass is 9.99. The number of methoxy groups -OCH3 is 1. The Morgan fingerprint density at radius 2 is 1.96 bits per heavy atom. The fourth-order valence-corrected chi connectivity index (χ4v) is 4.28. The minimum atomic E-state index is 0.0963. The molecule has 2 aliphatic rings. The third-order valence-corrected chi connectivity index (χ3v) is 5.81. The van der Waals surface area contributed by atoms with Gasteiger partial charge in [0.05, 0.1) is 18.1 Å². The first-order valence-corrected chi connectivity index (χ1v) is 9.29. The summed E-state index contributed by atoms with van der Waals surface area (Å²) in [6, 6.07) is 5.63. The summed E-state index contributed by atoms with van der Waals surface area (Å²) < 4.78 is 5.21. The first-order chi connectivity index (χ1) is 11.7. The number of benzene rings is 1. The summed E-state index contributed by atoms with van der Waals surface area (Å²) >= 11 is 0. The van der Waals surface area contributed by atoms with Gasteiger partial charge < -0.3 is 9.84 Å². The fourth-order valence-electron chi connectivity index (χ4n) is 4.28. The van der Waals surface area contributed by atoms with Crippen LogP contribution in [0.4, 0.5) is 0 Å². The monoisotopic (exact) mass is 326 g/mol. The molecule has 2 fully saturated rings. The summed E-state index contributed by atoms with van der Waals surface area (Å²) in [6.07, 6.45) is 10.9. The quantitative estimate of drug-likeness (QED) is 0.828. The molecule has 0 spiro atoms. The van der Waals surface area contributed by atoms with Crippen LogP contribution in [0.2, 0.25) is 0 Å². The molecule has 2 aliphatic carbocycles. The molecule has 128 valence electrons. The van der Waals surface area contributed by atoms with Crippen LogP contribution in [0.3, 0.4) is 0 Å². The van der Waals surface area contributed by atoms with E-state index in [1.807, 2.05) is 18.2 Å². The van der Waals surface area contributed by atoms with Crippen molar-refractivity contribution < 1.29 is 9.84 Å². The second-order valence-corrected chi connectivity index (χ2v) is 7.47. The molecule has 4 nitrogen and oxygen atoms in total. The van der Waals surface area contributed by atoms with E-state index in [1.54, 1.807) is 7.11 Å². The van der Waals surface area contributed by atoms with Crippen molar-refractivity contribution in [2.45, 2.75) is 57.3 Å². The Morgan fingerprint density at radius 3 is 2.75 bits per heavy atom. The van der Waals surface area contributed by atoms with Crippen LogP contribution in [0.5, 0.6) is 11.6 Å². The number of rotatable bonds is 6. The van der Waals surface area contributed by atoms with E-state index >= 15 is 0 Å². The van der Waals surface area contributed by atoms with Gasteiger partial charge >= 0.3 is 0 Å². The summed E-state index contributed by atoms with van der Waals surface area (Å²) in [5.74, 6) is 2.89. The van der Waals surface area contributed by atoms with E-state index in [2.05, 4.69) is 9.97 Å². The summed E-state index contributed by atoms with van der Waals surface area (Å²) in [4.78, 5) is 9.02. The number of hydrogen-bond donors (Lipinski definition) is 1. The van der Waals surface area contributed by atoms with Crippen LogP contribution in [0.15, 0.2) is 18.2 Å². The van der Waals surface area contributed by atoms with Crippen molar-refractivity contribution in [2.75, 3.05) is 7.11 Å². The molecule has 1 heterocycles. The van der Waals surface area contributed by atoms with Crippen molar-refractivity contribution >= 4 is 11.0 Å². The number of ether oxygens (including phenoxy) is 1. The van der Waals surface area contributed by atoms with Gasteiger partial charge in [-0.25, -0.2) is 9.97 Å². The molecule has 2 aromatic rings. The van der Waals surface area contributed by atoms with Crippen molar-refractivity contribution in [3.8, 4) is 11.6 Å². The van der Waals surface area contributed by atoms with Crippen LogP contribution in [-0.2, 0) is 0 Å². The Labute approximate surface area is 143 Å². The third-order valence-electron chi connectivity index (χ3n) is 5.81. The zero-order valence-corrected chi connectivity index (χ0v) is 14.4. The molecule has 2 atom stereocenters. The molecular weight excluding hydrogens is 300 g/mol. The number of aromatic hydroxyl groups is 1. The summed E-state index contributed by atoms with van der Waals surface area (Å²) in [5.41, 5.74) is 2.31. The van der Waals surface area contributed by atoms with E-state index in [1.165, 1.54) is 44.9 Å².